The van der Waals surface area contributed by atoms with Gasteiger partial charge in [-0.05, 0) is 83.1 Å². The predicted molar refractivity (Wildman–Crippen MR) is 132 cm³/mol. The minimum Gasteiger partial charge on any atom is -0.490 e. The van der Waals surface area contributed by atoms with Gasteiger partial charge in [0, 0.05) is 5.02 Å². The molecule has 0 bridgehead atoms. The summed E-state index contributed by atoms with van der Waals surface area (Å²) >= 11 is 8.06. The molecule has 0 aliphatic carbocycles. The molecule has 0 aromatic heterocycles. The van der Waals surface area contributed by atoms with Crippen LogP contribution in [-0.2, 0) is 6.61 Å². The molecule has 0 saturated heterocycles. The quantitative estimate of drug-likeness (QED) is 0.212. The molecule has 0 unspecified atom stereocenters. The van der Waals surface area contributed by atoms with Gasteiger partial charge in [0.05, 0.1) is 33.6 Å². The number of amides is 1. The van der Waals surface area contributed by atoms with E-state index in [4.69, 9.17) is 26.3 Å². The van der Waals surface area contributed by atoms with E-state index in [9.17, 15) is 9.18 Å². The van der Waals surface area contributed by atoms with Gasteiger partial charge >= 0.3 is 0 Å². The Hall–Kier alpha value is -3.16. The van der Waals surface area contributed by atoms with Gasteiger partial charge in [0.25, 0.3) is 5.91 Å². The number of hydrazone groups is 1. The van der Waals surface area contributed by atoms with Crippen LogP contribution in [-0.4, -0.2) is 18.7 Å². The SMILES string of the molecule is CCOc1cc(/C=N\NC(=O)c2ccc(C#N)cc2F)cc(I)c1OCc1ccc(Cl)cc1. The molecule has 0 atom stereocenters. The van der Waals surface area contributed by atoms with Crippen molar-refractivity contribution in [1.29, 1.82) is 5.26 Å². The van der Waals surface area contributed by atoms with Crippen LogP contribution in [0.25, 0.3) is 0 Å². The maximum atomic E-state index is 14.0. The lowest BCUT2D eigenvalue weighted by Crippen LogP contribution is -2.19. The number of hydrogen-bond donors (Lipinski definition) is 1. The van der Waals surface area contributed by atoms with Crippen molar-refractivity contribution in [3.05, 3.63) is 91.3 Å². The maximum Gasteiger partial charge on any atom is 0.274 e. The first-order chi connectivity index (χ1) is 15.9. The Morgan fingerprint density at radius 1 is 1.21 bits per heavy atom. The van der Waals surface area contributed by atoms with E-state index in [0.29, 0.717) is 35.3 Å². The fourth-order valence-electron chi connectivity index (χ4n) is 2.80. The third-order valence-electron chi connectivity index (χ3n) is 4.35. The van der Waals surface area contributed by atoms with Crippen molar-refractivity contribution >= 4 is 46.3 Å². The number of carbonyl (C=O) groups excluding carboxylic acids is 1. The van der Waals surface area contributed by atoms with E-state index in [1.807, 2.05) is 31.2 Å². The summed E-state index contributed by atoms with van der Waals surface area (Å²) in [5.41, 5.74) is 3.82. The van der Waals surface area contributed by atoms with Gasteiger partial charge in [-0.15, -0.1) is 0 Å². The Kier molecular flexibility index (Phi) is 8.63. The molecule has 1 amide bonds. The average molecular weight is 578 g/mol. The van der Waals surface area contributed by atoms with E-state index in [0.717, 1.165) is 15.2 Å². The topological polar surface area (TPSA) is 83.7 Å². The molecule has 168 valence electrons. The highest BCUT2D eigenvalue weighted by Gasteiger charge is 2.14. The summed E-state index contributed by atoms with van der Waals surface area (Å²) in [4.78, 5) is 12.2. The Bertz CT molecular complexity index is 1230. The highest BCUT2D eigenvalue weighted by molar-refractivity contribution is 14.1. The zero-order chi connectivity index (χ0) is 23.8. The second-order valence-corrected chi connectivity index (χ2v) is 8.28. The smallest absolute Gasteiger partial charge is 0.274 e. The van der Waals surface area contributed by atoms with Crippen molar-refractivity contribution in [3.8, 4) is 17.6 Å². The number of benzene rings is 3. The average Bonchev–Trinajstić information content (AvgIpc) is 2.79. The van der Waals surface area contributed by atoms with Gasteiger partial charge in [0.15, 0.2) is 11.5 Å². The van der Waals surface area contributed by atoms with Crippen LogP contribution in [0.15, 0.2) is 59.7 Å². The number of rotatable bonds is 8. The minimum absolute atomic E-state index is 0.129. The first-order valence-corrected chi connectivity index (χ1v) is 11.2. The van der Waals surface area contributed by atoms with Gasteiger partial charge in [-0.25, -0.2) is 9.82 Å². The standard InChI is InChI=1S/C24H18ClFIN3O3/c1-2-32-22-11-17(10-21(27)23(22)33-14-15-3-6-18(25)7-4-15)13-29-30-24(31)19-8-5-16(12-28)9-20(19)26/h3-11,13H,2,14H2,1H3,(H,30,31)/b29-13-. The fourth-order valence-corrected chi connectivity index (χ4v) is 3.70. The minimum atomic E-state index is -0.794. The van der Waals surface area contributed by atoms with Crippen molar-refractivity contribution in [2.24, 2.45) is 5.10 Å². The lowest BCUT2D eigenvalue weighted by Gasteiger charge is -2.15. The first-order valence-electron chi connectivity index (χ1n) is 9.78. The van der Waals surface area contributed by atoms with E-state index >= 15 is 0 Å². The molecular weight excluding hydrogens is 560 g/mol. The molecule has 6 nitrogen and oxygen atoms in total. The van der Waals surface area contributed by atoms with Crippen molar-refractivity contribution in [3.63, 3.8) is 0 Å². The fraction of sp³-hybridized carbons (Fsp3) is 0.125. The number of hydrogen-bond acceptors (Lipinski definition) is 5. The predicted octanol–water partition coefficient (Wildman–Crippen LogP) is 5.70. The summed E-state index contributed by atoms with van der Waals surface area (Å²) in [7, 11) is 0. The van der Waals surface area contributed by atoms with Crippen LogP contribution < -0.4 is 14.9 Å². The number of ether oxygens (including phenoxy) is 2. The van der Waals surface area contributed by atoms with Gasteiger partial charge in [-0.1, -0.05) is 23.7 Å². The molecule has 0 spiro atoms. The molecule has 33 heavy (non-hydrogen) atoms. The molecule has 3 aromatic carbocycles. The molecule has 9 heteroatoms. The van der Waals surface area contributed by atoms with Crippen LogP contribution in [0.2, 0.25) is 5.02 Å². The molecule has 0 radical (unpaired) electrons. The molecule has 0 aliphatic rings. The number of halogens is 3. The van der Waals surface area contributed by atoms with E-state index in [-0.39, 0.29) is 11.1 Å². The van der Waals surface area contributed by atoms with Gasteiger partial charge in [0.2, 0.25) is 0 Å². The Labute approximate surface area is 209 Å². The number of carbonyl (C=O) groups is 1. The van der Waals surface area contributed by atoms with Crippen LogP contribution >= 0.6 is 34.2 Å². The lowest BCUT2D eigenvalue weighted by molar-refractivity contribution is 0.0951. The van der Waals surface area contributed by atoms with Gasteiger partial charge in [-0.3, -0.25) is 4.79 Å². The first kappa shape index (κ1) is 24.5. The summed E-state index contributed by atoms with van der Waals surface area (Å²) in [5, 5.41) is 13.4. The van der Waals surface area contributed by atoms with Crippen LogP contribution in [0.5, 0.6) is 11.5 Å². The third kappa shape index (κ3) is 6.66. The van der Waals surface area contributed by atoms with E-state index in [1.54, 1.807) is 18.2 Å². The number of nitriles is 1. The molecule has 0 heterocycles. The van der Waals surface area contributed by atoms with Gasteiger partial charge < -0.3 is 9.47 Å². The van der Waals surface area contributed by atoms with Crippen molar-refractivity contribution < 1.29 is 18.7 Å². The largest absolute Gasteiger partial charge is 0.490 e. The normalized spacial score (nSPS) is 10.6. The zero-order valence-corrected chi connectivity index (χ0v) is 20.4. The van der Waals surface area contributed by atoms with E-state index < -0.39 is 11.7 Å². The second-order valence-electron chi connectivity index (χ2n) is 6.68. The Balaban J connectivity index is 1.72. The van der Waals surface area contributed by atoms with E-state index in [1.165, 1.54) is 18.3 Å². The summed E-state index contributed by atoms with van der Waals surface area (Å²) < 4.78 is 26.5. The second kappa shape index (κ2) is 11.6. The Morgan fingerprint density at radius 3 is 2.64 bits per heavy atom. The van der Waals surface area contributed by atoms with Crippen molar-refractivity contribution in [2.45, 2.75) is 13.5 Å². The van der Waals surface area contributed by atoms with Crippen LogP contribution in [0, 0.1) is 20.7 Å². The van der Waals surface area contributed by atoms with Crippen molar-refractivity contribution in [2.75, 3.05) is 6.61 Å². The van der Waals surface area contributed by atoms with Crippen LogP contribution in [0.1, 0.15) is 34.0 Å². The summed E-state index contributed by atoms with van der Waals surface area (Å²) in [6.07, 6.45) is 1.42. The third-order valence-corrected chi connectivity index (χ3v) is 5.40. The van der Waals surface area contributed by atoms with Gasteiger partial charge in [-0.2, -0.15) is 10.4 Å². The highest BCUT2D eigenvalue weighted by atomic mass is 127. The summed E-state index contributed by atoms with van der Waals surface area (Å²) in [5.74, 6) is -0.398. The maximum absolute atomic E-state index is 14.0. The zero-order valence-electron chi connectivity index (χ0n) is 17.4. The molecule has 1 N–H and O–H groups in total. The van der Waals surface area contributed by atoms with Crippen molar-refractivity contribution in [1.82, 2.24) is 5.43 Å². The molecule has 0 saturated carbocycles. The molecule has 0 fully saturated rings. The monoisotopic (exact) mass is 577 g/mol. The summed E-state index contributed by atoms with van der Waals surface area (Å²) in [6.45, 7) is 2.64. The van der Waals surface area contributed by atoms with Crippen LogP contribution in [0.4, 0.5) is 4.39 Å². The van der Waals surface area contributed by atoms with Gasteiger partial charge in [0.1, 0.15) is 12.4 Å². The Morgan fingerprint density at radius 2 is 1.97 bits per heavy atom. The molecule has 0 aliphatic heterocycles. The lowest BCUT2D eigenvalue weighted by atomic mass is 10.1. The number of nitrogens with one attached hydrogen (secondary N) is 1. The molecule has 3 aromatic rings. The summed E-state index contributed by atoms with van der Waals surface area (Å²) in [6, 6.07) is 16.3. The van der Waals surface area contributed by atoms with E-state index in [2.05, 4.69) is 33.1 Å². The highest BCUT2D eigenvalue weighted by Crippen LogP contribution is 2.34. The van der Waals surface area contributed by atoms with Crippen LogP contribution in [0.3, 0.4) is 0 Å². The molecular formula is C24H18ClFIN3O3. The number of nitrogens with zero attached hydrogens (tertiary/aromatic N) is 2. The molecule has 3 rings (SSSR count).